The Morgan fingerprint density at radius 3 is 2.47 bits per heavy atom. The minimum absolute atomic E-state index is 0.215. The Morgan fingerprint density at radius 1 is 1.00 bits per heavy atom. The number of anilines is 1. The molecule has 0 aliphatic carbocycles. The summed E-state index contributed by atoms with van der Waals surface area (Å²) in [4.78, 5) is 46.1. The Balaban J connectivity index is 1.25. The quantitative estimate of drug-likeness (QED) is 0.419. The zero-order valence-electron chi connectivity index (χ0n) is 20.2. The van der Waals surface area contributed by atoms with Crippen molar-refractivity contribution in [2.75, 3.05) is 11.4 Å². The predicted octanol–water partition coefficient (Wildman–Crippen LogP) is 4.65. The van der Waals surface area contributed by atoms with Gasteiger partial charge < -0.3 is 15.2 Å². The molecule has 4 aromatic rings. The van der Waals surface area contributed by atoms with Crippen molar-refractivity contribution in [2.24, 2.45) is 0 Å². The lowest BCUT2D eigenvalue weighted by Crippen LogP contribution is -2.49. The van der Waals surface area contributed by atoms with Crippen LogP contribution in [0.4, 0.5) is 10.5 Å². The molecule has 1 atom stereocenters. The Morgan fingerprint density at radius 2 is 1.72 bits per heavy atom. The zero-order valence-corrected chi connectivity index (χ0v) is 20.2. The number of aromatic amines is 1. The normalized spacial score (nSPS) is 18.9. The van der Waals surface area contributed by atoms with E-state index in [0.717, 1.165) is 33.3 Å². The maximum absolute atomic E-state index is 13.8. The minimum atomic E-state index is -1.10. The molecule has 0 radical (unpaired) electrons. The second kappa shape index (κ2) is 8.09. The van der Waals surface area contributed by atoms with Crippen LogP contribution < -0.4 is 10.2 Å². The molecular formula is C29H26N4O3. The van der Waals surface area contributed by atoms with Crippen LogP contribution in [0.1, 0.15) is 39.7 Å². The number of aryl methyl sites for hydroxylation is 1. The highest BCUT2D eigenvalue weighted by atomic mass is 16.2. The van der Waals surface area contributed by atoms with Gasteiger partial charge in [0.15, 0.2) is 5.54 Å². The first-order chi connectivity index (χ1) is 17.4. The topological polar surface area (TPSA) is 85.5 Å². The van der Waals surface area contributed by atoms with Gasteiger partial charge in [-0.05, 0) is 61.7 Å². The van der Waals surface area contributed by atoms with Crippen LogP contribution in [0.5, 0.6) is 0 Å². The standard InChI is InChI=1S/C29H26N4O3/c1-18-7-9-19(10-8-18)17-30-26(34)20-11-13-21(14-12-20)33-27(35)29(2)25-23(15-16-32(29)28(33)36)22-5-3-4-6-24(22)31-25/h3-14,31H,15-17H2,1-2H3,(H,30,34)/t29-/m0/s1. The van der Waals surface area contributed by atoms with E-state index >= 15 is 0 Å². The van der Waals surface area contributed by atoms with Gasteiger partial charge in [0.05, 0.1) is 11.4 Å². The molecule has 0 saturated carbocycles. The summed E-state index contributed by atoms with van der Waals surface area (Å²) in [6.07, 6.45) is 0.682. The molecule has 7 nitrogen and oxygen atoms in total. The molecule has 2 aliphatic heterocycles. The number of para-hydroxylation sites is 1. The van der Waals surface area contributed by atoms with Gasteiger partial charge >= 0.3 is 6.03 Å². The lowest BCUT2D eigenvalue weighted by Gasteiger charge is -2.35. The Kier molecular flexibility index (Phi) is 4.96. The van der Waals surface area contributed by atoms with Crippen LogP contribution in [0, 0.1) is 6.92 Å². The molecular weight excluding hydrogens is 452 g/mol. The summed E-state index contributed by atoms with van der Waals surface area (Å²) >= 11 is 0. The van der Waals surface area contributed by atoms with Crippen molar-refractivity contribution in [3.8, 4) is 0 Å². The fourth-order valence-electron chi connectivity index (χ4n) is 5.37. The van der Waals surface area contributed by atoms with E-state index in [0.29, 0.717) is 30.8 Å². The molecule has 3 heterocycles. The maximum Gasteiger partial charge on any atom is 0.332 e. The third-order valence-corrected chi connectivity index (χ3v) is 7.43. The van der Waals surface area contributed by atoms with Crippen LogP contribution >= 0.6 is 0 Å². The molecule has 7 heteroatoms. The molecule has 1 aromatic heterocycles. The second-order valence-electron chi connectivity index (χ2n) is 9.64. The fourth-order valence-corrected chi connectivity index (χ4v) is 5.37. The summed E-state index contributed by atoms with van der Waals surface area (Å²) in [6, 6.07) is 22.2. The number of fused-ring (bicyclic) bond motifs is 5. The van der Waals surface area contributed by atoms with E-state index in [4.69, 9.17) is 0 Å². The number of hydrogen-bond acceptors (Lipinski definition) is 3. The van der Waals surface area contributed by atoms with Crippen molar-refractivity contribution in [3.63, 3.8) is 0 Å². The van der Waals surface area contributed by atoms with Crippen molar-refractivity contribution in [3.05, 3.63) is 101 Å². The highest BCUT2D eigenvalue weighted by Gasteiger charge is 2.59. The Labute approximate surface area is 208 Å². The molecule has 2 aliphatic rings. The van der Waals surface area contributed by atoms with E-state index in [9.17, 15) is 14.4 Å². The number of imide groups is 1. The van der Waals surface area contributed by atoms with Crippen LogP contribution in [0.25, 0.3) is 10.9 Å². The van der Waals surface area contributed by atoms with Gasteiger partial charge in [0.2, 0.25) is 0 Å². The van der Waals surface area contributed by atoms with E-state index in [1.807, 2.05) is 62.4 Å². The number of rotatable bonds is 4. The summed E-state index contributed by atoms with van der Waals surface area (Å²) in [6.45, 7) is 4.72. The first-order valence-electron chi connectivity index (χ1n) is 12.1. The first-order valence-corrected chi connectivity index (χ1v) is 12.1. The average molecular weight is 479 g/mol. The van der Waals surface area contributed by atoms with Gasteiger partial charge in [-0.2, -0.15) is 0 Å². The number of nitrogens with one attached hydrogen (secondary N) is 2. The molecule has 1 saturated heterocycles. The highest BCUT2D eigenvalue weighted by Crippen LogP contribution is 2.45. The fraction of sp³-hybridized carbons (Fsp3) is 0.207. The van der Waals surface area contributed by atoms with Crippen LogP contribution in [0.2, 0.25) is 0 Å². The molecule has 1 fully saturated rings. The SMILES string of the molecule is Cc1ccc(CNC(=O)c2ccc(N3C(=O)N4CCc5c([nH]c6ccccc56)[C@@]4(C)C3=O)cc2)cc1. The number of carbonyl (C=O) groups excluding carboxylic acids is 3. The van der Waals surface area contributed by atoms with Gasteiger partial charge in [-0.3, -0.25) is 9.59 Å². The van der Waals surface area contributed by atoms with Gasteiger partial charge in [0.1, 0.15) is 0 Å². The van der Waals surface area contributed by atoms with Gasteiger partial charge in [-0.25, -0.2) is 9.69 Å². The van der Waals surface area contributed by atoms with Gasteiger partial charge in [0, 0.05) is 29.6 Å². The molecule has 4 amide bonds. The van der Waals surface area contributed by atoms with Crippen LogP contribution in [0.15, 0.2) is 72.8 Å². The lowest BCUT2D eigenvalue weighted by atomic mass is 9.87. The van der Waals surface area contributed by atoms with Crippen molar-refractivity contribution in [1.29, 1.82) is 0 Å². The molecule has 180 valence electrons. The Hall–Kier alpha value is -4.39. The summed E-state index contributed by atoms with van der Waals surface area (Å²) in [5.41, 5.74) is 4.83. The van der Waals surface area contributed by atoms with Gasteiger partial charge in [-0.15, -0.1) is 0 Å². The van der Waals surface area contributed by atoms with E-state index in [1.54, 1.807) is 29.2 Å². The van der Waals surface area contributed by atoms with E-state index in [1.165, 1.54) is 4.90 Å². The van der Waals surface area contributed by atoms with Crippen molar-refractivity contribution in [1.82, 2.24) is 15.2 Å². The number of benzene rings is 3. The number of amides is 4. The summed E-state index contributed by atoms with van der Waals surface area (Å²) in [5.74, 6) is -0.509. The lowest BCUT2D eigenvalue weighted by molar-refractivity contribution is -0.125. The number of nitrogens with zero attached hydrogens (tertiary/aromatic N) is 2. The summed E-state index contributed by atoms with van der Waals surface area (Å²) < 4.78 is 0. The van der Waals surface area contributed by atoms with E-state index in [2.05, 4.69) is 10.3 Å². The number of aromatic nitrogens is 1. The summed E-state index contributed by atoms with van der Waals surface area (Å²) in [7, 11) is 0. The largest absolute Gasteiger partial charge is 0.356 e. The van der Waals surface area contributed by atoms with Crippen LogP contribution in [-0.2, 0) is 23.3 Å². The number of hydrogen-bond donors (Lipinski definition) is 2. The van der Waals surface area contributed by atoms with E-state index < -0.39 is 5.54 Å². The first kappa shape index (κ1) is 22.1. The van der Waals surface area contributed by atoms with Crippen LogP contribution in [0.3, 0.4) is 0 Å². The number of H-pyrrole nitrogens is 1. The molecule has 0 bridgehead atoms. The molecule has 0 spiro atoms. The molecule has 6 rings (SSSR count). The molecule has 3 aromatic carbocycles. The monoisotopic (exact) mass is 478 g/mol. The second-order valence-corrected chi connectivity index (χ2v) is 9.64. The highest BCUT2D eigenvalue weighted by molar-refractivity contribution is 6.23. The van der Waals surface area contributed by atoms with E-state index in [-0.39, 0.29) is 17.8 Å². The average Bonchev–Trinajstić information content (AvgIpc) is 3.37. The molecule has 36 heavy (non-hydrogen) atoms. The molecule has 0 unspecified atom stereocenters. The van der Waals surface area contributed by atoms with Crippen molar-refractivity contribution < 1.29 is 14.4 Å². The van der Waals surface area contributed by atoms with Crippen molar-refractivity contribution in [2.45, 2.75) is 32.4 Å². The third-order valence-electron chi connectivity index (χ3n) is 7.43. The van der Waals surface area contributed by atoms with Crippen LogP contribution in [-0.4, -0.2) is 34.3 Å². The Bertz CT molecular complexity index is 1520. The van der Waals surface area contributed by atoms with Crippen molar-refractivity contribution >= 4 is 34.4 Å². The minimum Gasteiger partial charge on any atom is -0.356 e. The van der Waals surface area contributed by atoms with Gasteiger partial charge in [-0.1, -0.05) is 48.0 Å². The van der Waals surface area contributed by atoms with Gasteiger partial charge in [0.25, 0.3) is 11.8 Å². The predicted molar refractivity (Wildman–Crippen MR) is 138 cm³/mol. The molecule has 2 N–H and O–H groups in total. The third kappa shape index (κ3) is 3.23. The smallest absolute Gasteiger partial charge is 0.332 e. The summed E-state index contributed by atoms with van der Waals surface area (Å²) in [5, 5.41) is 4.00. The number of carbonyl (C=O) groups is 3. The number of urea groups is 1. The zero-order chi connectivity index (χ0) is 25.0. The maximum atomic E-state index is 13.8.